The standard InChI is InChI=1S/C61H40N2O/c1-3-15-40(16-4-1)42-29-33-44(34-30-42)62-55-26-13-24-53-59(55)49-20-7-10-22-51(49)61(53)52-23-11-8-21-50(52)60-54(61)25-14-27-56(60)63(45-35-31-43(32-36-45)41-17-5-2-6-18-41)46-37-38-48-47-19-9-12-28-57(47)64-58(48)39-46/h1-39,62H. The van der Waals surface area contributed by atoms with Gasteiger partial charge in [-0.1, -0.05) is 176 Å². The lowest BCUT2D eigenvalue weighted by molar-refractivity contribution is 0.669. The van der Waals surface area contributed by atoms with E-state index in [1.54, 1.807) is 0 Å². The third-order valence-corrected chi connectivity index (χ3v) is 13.5. The van der Waals surface area contributed by atoms with Crippen LogP contribution in [0.3, 0.4) is 0 Å². The van der Waals surface area contributed by atoms with Crippen molar-refractivity contribution >= 4 is 50.4 Å². The minimum Gasteiger partial charge on any atom is -0.456 e. The van der Waals surface area contributed by atoms with E-state index in [0.29, 0.717) is 0 Å². The Kier molecular flexibility index (Phi) is 8.13. The van der Waals surface area contributed by atoms with Crippen LogP contribution in [0.2, 0.25) is 0 Å². The summed E-state index contributed by atoms with van der Waals surface area (Å²) in [5.41, 5.74) is 21.4. The number of furan rings is 1. The fraction of sp³-hybridized carbons (Fsp3) is 0.0164. The second kappa shape index (κ2) is 14.3. The lowest BCUT2D eigenvalue weighted by Gasteiger charge is -2.32. The van der Waals surface area contributed by atoms with Gasteiger partial charge in [0.15, 0.2) is 0 Å². The molecule has 2 aliphatic rings. The highest BCUT2D eigenvalue weighted by Crippen LogP contribution is 2.65. The molecule has 0 amide bonds. The molecular weight excluding hydrogens is 777 g/mol. The summed E-state index contributed by atoms with van der Waals surface area (Å²) in [5, 5.41) is 6.10. The molecule has 1 spiro atoms. The van der Waals surface area contributed by atoms with Gasteiger partial charge in [-0.2, -0.15) is 0 Å². The van der Waals surface area contributed by atoms with Crippen molar-refractivity contribution in [2.75, 3.05) is 10.2 Å². The molecule has 0 aliphatic heterocycles. The normalized spacial score (nSPS) is 14.3. The Bertz CT molecular complexity index is 3570. The van der Waals surface area contributed by atoms with Gasteiger partial charge in [-0.05, 0) is 110 Å². The number of benzene rings is 10. The maximum absolute atomic E-state index is 6.54. The van der Waals surface area contributed by atoms with E-state index in [4.69, 9.17) is 4.42 Å². The van der Waals surface area contributed by atoms with Gasteiger partial charge in [0.1, 0.15) is 11.2 Å². The van der Waals surface area contributed by atoms with Crippen molar-refractivity contribution in [1.82, 2.24) is 0 Å². The van der Waals surface area contributed by atoms with E-state index in [1.807, 2.05) is 6.07 Å². The van der Waals surface area contributed by atoms with Crippen molar-refractivity contribution in [3.8, 4) is 44.5 Å². The Labute approximate surface area is 372 Å². The average molecular weight is 817 g/mol. The zero-order valence-electron chi connectivity index (χ0n) is 34.9. The number of hydrogen-bond acceptors (Lipinski definition) is 3. The monoisotopic (exact) mass is 816 g/mol. The first-order chi connectivity index (χ1) is 31.7. The van der Waals surface area contributed by atoms with Crippen LogP contribution >= 0.6 is 0 Å². The second-order valence-electron chi connectivity index (χ2n) is 16.9. The molecule has 0 radical (unpaired) electrons. The highest BCUT2D eigenvalue weighted by Gasteiger charge is 2.53. The predicted molar refractivity (Wildman–Crippen MR) is 265 cm³/mol. The molecule has 2 aliphatic carbocycles. The lowest BCUT2D eigenvalue weighted by Crippen LogP contribution is -2.26. The predicted octanol–water partition coefficient (Wildman–Crippen LogP) is 16.5. The van der Waals surface area contributed by atoms with E-state index in [0.717, 1.165) is 50.4 Å². The summed E-state index contributed by atoms with van der Waals surface area (Å²) in [6.07, 6.45) is 0. The van der Waals surface area contributed by atoms with Crippen molar-refractivity contribution in [3.63, 3.8) is 0 Å². The third-order valence-electron chi connectivity index (χ3n) is 13.5. The van der Waals surface area contributed by atoms with E-state index >= 15 is 0 Å². The maximum atomic E-state index is 6.54. The largest absolute Gasteiger partial charge is 0.456 e. The number of para-hydroxylation sites is 1. The quantitative estimate of drug-likeness (QED) is 0.174. The molecule has 0 saturated heterocycles. The molecule has 11 aromatic rings. The molecule has 300 valence electrons. The molecule has 13 rings (SSSR count). The van der Waals surface area contributed by atoms with Crippen molar-refractivity contribution < 1.29 is 4.42 Å². The summed E-state index contributed by atoms with van der Waals surface area (Å²) in [7, 11) is 0. The molecule has 1 atom stereocenters. The van der Waals surface area contributed by atoms with Crippen molar-refractivity contribution in [3.05, 3.63) is 259 Å². The molecule has 1 aromatic heterocycles. The van der Waals surface area contributed by atoms with Crippen molar-refractivity contribution in [2.24, 2.45) is 0 Å². The van der Waals surface area contributed by atoms with Crippen LogP contribution in [0.25, 0.3) is 66.4 Å². The van der Waals surface area contributed by atoms with Gasteiger partial charge < -0.3 is 14.6 Å². The Hall–Kier alpha value is -8.40. The van der Waals surface area contributed by atoms with Gasteiger partial charge in [-0.3, -0.25) is 0 Å². The fourth-order valence-corrected chi connectivity index (χ4v) is 10.8. The lowest BCUT2D eigenvalue weighted by atomic mass is 9.70. The Morgan fingerprint density at radius 3 is 1.58 bits per heavy atom. The number of rotatable bonds is 7. The molecule has 1 unspecified atom stereocenters. The number of nitrogens with zero attached hydrogens (tertiary/aromatic N) is 1. The molecule has 64 heavy (non-hydrogen) atoms. The smallest absolute Gasteiger partial charge is 0.137 e. The summed E-state index contributed by atoms with van der Waals surface area (Å²) in [6, 6.07) is 85.7. The summed E-state index contributed by atoms with van der Waals surface area (Å²) >= 11 is 0. The van der Waals surface area contributed by atoms with Crippen LogP contribution in [0.1, 0.15) is 22.3 Å². The van der Waals surface area contributed by atoms with E-state index in [2.05, 4.69) is 241 Å². The Balaban J connectivity index is 1.01. The first kappa shape index (κ1) is 36.3. The summed E-state index contributed by atoms with van der Waals surface area (Å²) < 4.78 is 6.54. The van der Waals surface area contributed by atoms with Gasteiger partial charge in [0.25, 0.3) is 0 Å². The molecule has 3 heteroatoms. The molecule has 1 N–H and O–H groups in total. The van der Waals surface area contributed by atoms with Gasteiger partial charge >= 0.3 is 0 Å². The first-order valence-electron chi connectivity index (χ1n) is 22.0. The van der Waals surface area contributed by atoms with Crippen LogP contribution in [0, 0.1) is 0 Å². The molecule has 3 nitrogen and oxygen atoms in total. The van der Waals surface area contributed by atoms with Gasteiger partial charge in [-0.15, -0.1) is 0 Å². The van der Waals surface area contributed by atoms with Crippen LogP contribution in [-0.2, 0) is 5.41 Å². The molecule has 0 bridgehead atoms. The van der Waals surface area contributed by atoms with E-state index < -0.39 is 5.41 Å². The second-order valence-corrected chi connectivity index (χ2v) is 16.9. The highest BCUT2D eigenvalue weighted by molar-refractivity contribution is 6.07. The minimum atomic E-state index is -0.547. The van der Waals surface area contributed by atoms with E-state index in [9.17, 15) is 0 Å². The molecule has 1 heterocycles. The Morgan fingerprint density at radius 2 is 0.875 bits per heavy atom. The summed E-state index contributed by atoms with van der Waals surface area (Å²) in [5.74, 6) is 0. The van der Waals surface area contributed by atoms with Crippen LogP contribution < -0.4 is 10.2 Å². The van der Waals surface area contributed by atoms with E-state index in [-0.39, 0.29) is 0 Å². The Morgan fingerprint density at radius 1 is 0.359 bits per heavy atom. The van der Waals surface area contributed by atoms with Crippen molar-refractivity contribution in [2.45, 2.75) is 5.41 Å². The SMILES string of the molecule is c1ccc(-c2ccc(Nc3cccc4c3-c3ccccc3C43c4ccccc4-c4c(N(c5ccc(-c6ccccc6)cc5)c5ccc6c(c5)oc5ccccc56)cccc43)cc2)cc1. The average Bonchev–Trinajstić information content (AvgIpc) is 4.00. The minimum absolute atomic E-state index is 0.547. The van der Waals surface area contributed by atoms with Gasteiger partial charge in [0.05, 0.1) is 11.1 Å². The topological polar surface area (TPSA) is 28.4 Å². The van der Waals surface area contributed by atoms with Gasteiger partial charge in [-0.25, -0.2) is 0 Å². The zero-order chi connectivity index (χ0) is 42.2. The highest BCUT2D eigenvalue weighted by atomic mass is 16.3. The van der Waals surface area contributed by atoms with Crippen LogP contribution in [0.15, 0.2) is 241 Å². The number of anilines is 5. The van der Waals surface area contributed by atoms with Crippen LogP contribution in [0.4, 0.5) is 28.4 Å². The molecule has 10 aromatic carbocycles. The van der Waals surface area contributed by atoms with Crippen molar-refractivity contribution in [1.29, 1.82) is 0 Å². The first-order valence-corrected chi connectivity index (χ1v) is 22.0. The van der Waals surface area contributed by atoms with Gasteiger partial charge in [0.2, 0.25) is 0 Å². The van der Waals surface area contributed by atoms with E-state index in [1.165, 1.54) is 66.8 Å². The summed E-state index contributed by atoms with van der Waals surface area (Å²) in [4.78, 5) is 2.43. The molecular formula is C61H40N2O. The van der Waals surface area contributed by atoms with Gasteiger partial charge in [0, 0.05) is 50.7 Å². The van der Waals surface area contributed by atoms with Crippen LogP contribution in [-0.4, -0.2) is 0 Å². The zero-order valence-corrected chi connectivity index (χ0v) is 34.9. The summed E-state index contributed by atoms with van der Waals surface area (Å²) in [6.45, 7) is 0. The number of hydrogen-bond donors (Lipinski definition) is 1. The third kappa shape index (κ3) is 5.41. The maximum Gasteiger partial charge on any atom is 0.137 e. The number of nitrogens with one attached hydrogen (secondary N) is 1. The number of fused-ring (bicyclic) bond motifs is 13. The fourth-order valence-electron chi connectivity index (χ4n) is 10.8. The van der Waals surface area contributed by atoms with Crippen LogP contribution in [0.5, 0.6) is 0 Å². The molecule has 0 saturated carbocycles. The molecule has 0 fully saturated rings.